The molecule has 0 aliphatic carbocycles. The monoisotopic (exact) mass is 242 g/mol. The van der Waals surface area contributed by atoms with Crippen LogP contribution in [0.5, 0.6) is 0 Å². The zero-order valence-electron chi connectivity index (χ0n) is 9.76. The molecule has 0 aliphatic rings. The fourth-order valence-electron chi connectivity index (χ4n) is 1.02. The van der Waals surface area contributed by atoms with Crippen molar-refractivity contribution in [1.29, 1.82) is 0 Å². The molecule has 1 atom stereocenters. The predicted molar refractivity (Wildman–Crippen MR) is 56.2 cm³/mol. The first-order chi connectivity index (χ1) is 7.70. The number of rotatable bonds is 3. The first kappa shape index (κ1) is 13.2. The number of aromatic carboxylic acids is 1. The Morgan fingerprint density at radius 3 is 2.53 bits per heavy atom. The molecule has 0 saturated carbocycles. The summed E-state index contributed by atoms with van der Waals surface area (Å²) < 4.78 is 9.69. The summed E-state index contributed by atoms with van der Waals surface area (Å²) in [7, 11) is 0. The van der Waals surface area contributed by atoms with Gasteiger partial charge >= 0.3 is 11.9 Å². The summed E-state index contributed by atoms with van der Waals surface area (Å²) in [6.45, 7) is 5.09. The Bertz CT molecular complexity index is 432. The van der Waals surface area contributed by atoms with Crippen LogP contribution in [0.25, 0.3) is 0 Å². The SMILES string of the molecule is CC(C)(C)OC(=O)C(N)c1cc(C(=O)O)no1. The Balaban J connectivity index is 2.78. The van der Waals surface area contributed by atoms with Gasteiger partial charge in [-0.15, -0.1) is 0 Å². The van der Waals surface area contributed by atoms with Crippen LogP contribution in [0, 0.1) is 0 Å². The van der Waals surface area contributed by atoms with E-state index in [1.54, 1.807) is 20.8 Å². The first-order valence-corrected chi connectivity index (χ1v) is 4.89. The number of hydrogen-bond acceptors (Lipinski definition) is 6. The maximum atomic E-state index is 11.6. The minimum atomic E-state index is -1.25. The van der Waals surface area contributed by atoms with E-state index in [1.807, 2.05) is 0 Å². The molecule has 7 nitrogen and oxygen atoms in total. The van der Waals surface area contributed by atoms with Crippen LogP contribution in [-0.2, 0) is 9.53 Å². The van der Waals surface area contributed by atoms with Crippen LogP contribution in [0.1, 0.15) is 43.1 Å². The first-order valence-electron chi connectivity index (χ1n) is 4.89. The van der Waals surface area contributed by atoms with Crippen molar-refractivity contribution >= 4 is 11.9 Å². The molecule has 0 spiro atoms. The van der Waals surface area contributed by atoms with Crippen molar-refractivity contribution < 1.29 is 24.0 Å². The van der Waals surface area contributed by atoms with Crippen molar-refractivity contribution in [2.75, 3.05) is 0 Å². The molecule has 0 amide bonds. The van der Waals surface area contributed by atoms with Gasteiger partial charge < -0.3 is 20.1 Å². The van der Waals surface area contributed by atoms with Gasteiger partial charge in [0.2, 0.25) is 0 Å². The van der Waals surface area contributed by atoms with Crippen molar-refractivity contribution in [3.05, 3.63) is 17.5 Å². The maximum Gasteiger partial charge on any atom is 0.358 e. The van der Waals surface area contributed by atoms with Gasteiger partial charge in [-0.2, -0.15) is 0 Å². The van der Waals surface area contributed by atoms with E-state index in [0.717, 1.165) is 6.07 Å². The molecule has 7 heteroatoms. The smallest absolute Gasteiger partial charge is 0.358 e. The molecule has 1 heterocycles. The summed E-state index contributed by atoms with van der Waals surface area (Å²) >= 11 is 0. The molecule has 94 valence electrons. The van der Waals surface area contributed by atoms with Gasteiger partial charge in [0, 0.05) is 6.07 Å². The minimum absolute atomic E-state index is 0.0448. The zero-order chi connectivity index (χ0) is 13.2. The Labute approximate surface area is 97.5 Å². The summed E-state index contributed by atoms with van der Waals surface area (Å²) in [6.07, 6.45) is 0. The molecule has 17 heavy (non-hydrogen) atoms. The second-order valence-corrected chi connectivity index (χ2v) is 4.43. The largest absolute Gasteiger partial charge is 0.476 e. The normalized spacial score (nSPS) is 13.2. The predicted octanol–water partition coefficient (Wildman–Crippen LogP) is 0.714. The van der Waals surface area contributed by atoms with E-state index in [2.05, 4.69) is 9.68 Å². The highest BCUT2D eigenvalue weighted by atomic mass is 16.6. The number of carbonyl (C=O) groups is 2. The number of esters is 1. The molecule has 3 N–H and O–H groups in total. The molecule has 0 saturated heterocycles. The van der Waals surface area contributed by atoms with Gasteiger partial charge in [0.15, 0.2) is 17.5 Å². The number of carbonyl (C=O) groups excluding carboxylic acids is 1. The fourth-order valence-corrected chi connectivity index (χ4v) is 1.02. The summed E-state index contributed by atoms with van der Waals surface area (Å²) in [6, 6.07) is -0.0912. The molecule has 0 aromatic carbocycles. The Morgan fingerprint density at radius 2 is 2.12 bits per heavy atom. The van der Waals surface area contributed by atoms with Crippen LogP contribution in [0.15, 0.2) is 10.6 Å². The highest BCUT2D eigenvalue weighted by Crippen LogP contribution is 2.17. The number of nitrogens with zero attached hydrogens (tertiary/aromatic N) is 1. The lowest BCUT2D eigenvalue weighted by molar-refractivity contribution is -0.157. The summed E-state index contributed by atoms with van der Waals surface area (Å²) in [4.78, 5) is 22.1. The van der Waals surface area contributed by atoms with Crippen molar-refractivity contribution in [1.82, 2.24) is 5.16 Å². The second kappa shape index (κ2) is 4.54. The molecular weight excluding hydrogens is 228 g/mol. The number of nitrogens with two attached hydrogens (primary N) is 1. The average molecular weight is 242 g/mol. The summed E-state index contributed by atoms with van der Waals surface area (Å²) in [5.41, 5.74) is 4.58. The minimum Gasteiger partial charge on any atom is -0.476 e. The summed E-state index contributed by atoms with van der Waals surface area (Å²) in [5, 5.41) is 11.9. The summed E-state index contributed by atoms with van der Waals surface area (Å²) in [5.74, 6) is -2.00. The van der Waals surface area contributed by atoms with Crippen LogP contribution in [-0.4, -0.2) is 27.8 Å². The zero-order valence-corrected chi connectivity index (χ0v) is 9.76. The maximum absolute atomic E-state index is 11.6. The van der Waals surface area contributed by atoms with Gasteiger partial charge in [-0.25, -0.2) is 9.59 Å². The molecule has 0 bridgehead atoms. The van der Waals surface area contributed by atoms with E-state index in [4.69, 9.17) is 15.6 Å². The molecule has 1 aromatic heterocycles. The van der Waals surface area contributed by atoms with Gasteiger partial charge in [-0.3, -0.25) is 0 Å². The van der Waals surface area contributed by atoms with E-state index in [1.165, 1.54) is 0 Å². The third kappa shape index (κ3) is 3.56. The van der Waals surface area contributed by atoms with E-state index in [0.29, 0.717) is 0 Å². The van der Waals surface area contributed by atoms with E-state index in [9.17, 15) is 9.59 Å². The lowest BCUT2D eigenvalue weighted by atomic mass is 10.1. The highest BCUT2D eigenvalue weighted by molar-refractivity contribution is 5.85. The highest BCUT2D eigenvalue weighted by Gasteiger charge is 2.27. The number of aromatic nitrogens is 1. The number of carboxylic acid groups (broad SMARTS) is 1. The molecule has 1 aromatic rings. The van der Waals surface area contributed by atoms with Crippen molar-refractivity contribution in [2.24, 2.45) is 5.73 Å². The Kier molecular flexibility index (Phi) is 3.52. The average Bonchev–Trinajstić information content (AvgIpc) is 2.62. The van der Waals surface area contributed by atoms with E-state index < -0.39 is 23.6 Å². The van der Waals surface area contributed by atoms with Crippen molar-refractivity contribution in [3.63, 3.8) is 0 Å². The number of ether oxygens (including phenoxy) is 1. The molecule has 1 unspecified atom stereocenters. The number of hydrogen-bond donors (Lipinski definition) is 2. The molecule has 0 radical (unpaired) electrons. The van der Waals surface area contributed by atoms with E-state index >= 15 is 0 Å². The molecule has 1 rings (SSSR count). The quantitative estimate of drug-likeness (QED) is 0.750. The van der Waals surface area contributed by atoms with Crippen LogP contribution in [0.3, 0.4) is 0 Å². The molecular formula is C10H14N2O5. The third-order valence-electron chi connectivity index (χ3n) is 1.71. The Hall–Kier alpha value is -1.89. The van der Waals surface area contributed by atoms with Crippen LogP contribution < -0.4 is 5.73 Å². The van der Waals surface area contributed by atoms with Gasteiger partial charge in [-0.05, 0) is 20.8 Å². The molecule has 0 fully saturated rings. The van der Waals surface area contributed by atoms with Gasteiger partial charge in [-0.1, -0.05) is 5.16 Å². The standard InChI is InChI=1S/C10H14N2O5/c1-10(2,3)16-9(15)7(11)6-4-5(8(13)14)12-17-6/h4,7H,11H2,1-3H3,(H,13,14). The van der Waals surface area contributed by atoms with Crippen LogP contribution in [0.4, 0.5) is 0 Å². The van der Waals surface area contributed by atoms with Crippen molar-refractivity contribution in [2.45, 2.75) is 32.4 Å². The van der Waals surface area contributed by atoms with E-state index in [-0.39, 0.29) is 11.5 Å². The van der Waals surface area contributed by atoms with Crippen LogP contribution in [0.2, 0.25) is 0 Å². The van der Waals surface area contributed by atoms with Gasteiger partial charge in [0.25, 0.3) is 0 Å². The topological polar surface area (TPSA) is 116 Å². The van der Waals surface area contributed by atoms with Crippen molar-refractivity contribution in [3.8, 4) is 0 Å². The lowest BCUT2D eigenvalue weighted by Gasteiger charge is -2.21. The molecule has 0 aliphatic heterocycles. The second-order valence-electron chi connectivity index (χ2n) is 4.43. The third-order valence-corrected chi connectivity index (χ3v) is 1.71. The lowest BCUT2D eigenvalue weighted by Crippen LogP contribution is -2.31. The van der Waals surface area contributed by atoms with Crippen LogP contribution >= 0.6 is 0 Å². The number of carboxylic acids is 1. The van der Waals surface area contributed by atoms with Gasteiger partial charge in [0.1, 0.15) is 5.60 Å². The van der Waals surface area contributed by atoms with Gasteiger partial charge in [0.05, 0.1) is 0 Å². The fraction of sp³-hybridized carbons (Fsp3) is 0.500. The Morgan fingerprint density at radius 1 is 1.53 bits per heavy atom.